The van der Waals surface area contributed by atoms with Crippen LogP contribution in [0.1, 0.15) is 122 Å². The maximum absolute atomic E-state index is 8.14. The largest absolute Gasteiger partial charge is 0.251 e. The zero-order chi connectivity index (χ0) is 16.6. The summed E-state index contributed by atoms with van der Waals surface area (Å²) in [6.07, 6.45) is 28.8. The number of rotatable bonds is 16. The van der Waals surface area contributed by atoms with Crippen molar-refractivity contribution in [2.45, 2.75) is 128 Å². The molecule has 0 spiro atoms. The summed E-state index contributed by atoms with van der Waals surface area (Å²) in [6, 6.07) is 0. The number of allylic oxidation sites excluding steroid dienone is 2. The molecular weight excluding hydrogens is 278 g/mol. The van der Waals surface area contributed by atoms with Crippen molar-refractivity contribution in [2.75, 3.05) is 0 Å². The van der Waals surface area contributed by atoms with Crippen LogP contribution in [0.2, 0.25) is 0 Å². The second-order valence-corrected chi connectivity index (χ2v) is 7.82. The van der Waals surface area contributed by atoms with Crippen LogP contribution in [0.25, 0.3) is 0 Å². The Morgan fingerprint density at radius 3 is 1.65 bits per heavy atom. The van der Waals surface area contributed by atoms with Crippen LogP contribution >= 0.6 is 0 Å². The summed E-state index contributed by atoms with van der Waals surface area (Å²) in [7, 11) is 0. The standard InChI is InChI=1S/C22H42N/c1-2-3-4-5-6-7-8-9-10-11-12-13-14-15-16-17-19-22(23)20-18-21-22/h9-10,23H,2-8,11-21H2,1H3/b10-9+. The molecule has 1 saturated carbocycles. The van der Waals surface area contributed by atoms with Gasteiger partial charge in [0.2, 0.25) is 0 Å². The molecule has 0 aromatic heterocycles. The van der Waals surface area contributed by atoms with Gasteiger partial charge >= 0.3 is 0 Å². The highest BCUT2D eigenvalue weighted by atomic mass is 14.8. The molecule has 135 valence electrons. The zero-order valence-electron chi connectivity index (χ0n) is 15.9. The monoisotopic (exact) mass is 320 g/mol. The molecule has 0 unspecified atom stereocenters. The average Bonchev–Trinajstić information content (AvgIpc) is 2.53. The number of nitrogens with one attached hydrogen (secondary N) is 1. The van der Waals surface area contributed by atoms with Crippen molar-refractivity contribution in [1.82, 2.24) is 5.73 Å². The first-order chi connectivity index (χ1) is 11.3. The van der Waals surface area contributed by atoms with Crippen LogP contribution in [-0.4, -0.2) is 5.54 Å². The van der Waals surface area contributed by atoms with E-state index >= 15 is 0 Å². The molecule has 0 aliphatic heterocycles. The Hall–Kier alpha value is -0.300. The molecule has 0 heterocycles. The topological polar surface area (TPSA) is 23.8 Å². The summed E-state index contributed by atoms with van der Waals surface area (Å²) >= 11 is 0. The summed E-state index contributed by atoms with van der Waals surface area (Å²) in [5, 5.41) is 0. The molecule has 0 saturated heterocycles. The lowest BCUT2D eigenvalue weighted by Gasteiger charge is -2.37. The zero-order valence-corrected chi connectivity index (χ0v) is 15.9. The Morgan fingerprint density at radius 1 is 0.696 bits per heavy atom. The van der Waals surface area contributed by atoms with E-state index in [4.69, 9.17) is 5.73 Å². The van der Waals surface area contributed by atoms with E-state index in [0.717, 1.165) is 19.3 Å². The SMILES string of the molecule is CCCCCCCC/C=C/CCCCCCCCC1([NH])CCC1. The first kappa shape index (κ1) is 20.7. The summed E-state index contributed by atoms with van der Waals surface area (Å²) in [4.78, 5) is 0. The second kappa shape index (κ2) is 14.1. The van der Waals surface area contributed by atoms with E-state index < -0.39 is 0 Å². The van der Waals surface area contributed by atoms with Gasteiger partial charge in [-0.15, -0.1) is 0 Å². The number of unbranched alkanes of at least 4 members (excludes halogenated alkanes) is 12. The molecule has 23 heavy (non-hydrogen) atoms. The van der Waals surface area contributed by atoms with Gasteiger partial charge in [-0.1, -0.05) is 83.3 Å². The van der Waals surface area contributed by atoms with Gasteiger partial charge in [-0.2, -0.15) is 0 Å². The molecule has 1 heteroatoms. The minimum atomic E-state index is 0.000789. The van der Waals surface area contributed by atoms with Crippen molar-refractivity contribution < 1.29 is 0 Å². The highest BCUT2D eigenvalue weighted by molar-refractivity contribution is 4.91. The Bertz CT molecular complexity index is 278. The number of hydrogen-bond donors (Lipinski definition) is 0. The van der Waals surface area contributed by atoms with Crippen molar-refractivity contribution in [3.05, 3.63) is 12.2 Å². The molecule has 1 aliphatic carbocycles. The highest BCUT2D eigenvalue weighted by Crippen LogP contribution is 2.35. The lowest BCUT2D eigenvalue weighted by molar-refractivity contribution is 0.214. The van der Waals surface area contributed by atoms with E-state index in [1.807, 2.05) is 0 Å². The van der Waals surface area contributed by atoms with Crippen molar-refractivity contribution in [1.29, 1.82) is 0 Å². The fraction of sp³-hybridized carbons (Fsp3) is 0.909. The molecule has 0 bridgehead atoms. The molecule has 1 aliphatic rings. The van der Waals surface area contributed by atoms with Crippen molar-refractivity contribution in [2.24, 2.45) is 0 Å². The second-order valence-electron chi connectivity index (χ2n) is 7.82. The van der Waals surface area contributed by atoms with Gasteiger partial charge in [0.05, 0.1) is 0 Å². The van der Waals surface area contributed by atoms with Gasteiger partial charge < -0.3 is 0 Å². The van der Waals surface area contributed by atoms with Gasteiger partial charge in [0, 0.05) is 5.54 Å². The lowest BCUT2D eigenvalue weighted by atomic mass is 9.74. The van der Waals surface area contributed by atoms with E-state index in [1.165, 1.54) is 96.3 Å². The molecule has 0 atom stereocenters. The Morgan fingerprint density at radius 2 is 1.17 bits per heavy atom. The van der Waals surface area contributed by atoms with E-state index in [1.54, 1.807) is 0 Å². The van der Waals surface area contributed by atoms with E-state index in [2.05, 4.69) is 19.1 Å². The van der Waals surface area contributed by atoms with E-state index in [0.29, 0.717) is 0 Å². The molecule has 1 fully saturated rings. The van der Waals surface area contributed by atoms with Crippen LogP contribution in [0.15, 0.2) is 12.2 Å². The molecule has 1 N–H and O–H groups in total. The van der Waals surface area contributed by atoms with Crippen LogP contribution in [0.3, 0.4) is 0 Å². The Labute approximate surface area is 146 Å². The molecule has 0 amide bonds. The summed E-state index contributed by atoms with van der Waals surface area (Å²) in [6.45, 7) is 2.28. The first-order valence-corrected chi connectivity index (χ1v) is 10.7. The third-order valence-corrected chi connectivity index (χ3v) is 5.48. The number of hydrogen-bond acceptors (Lipinski definition) is 0. The van der Waals surface area contributed by atoms with Gasteiger partial charge in [0.25, 0.3) is 0 Å². The third kappa shape index (κ3) is 11.8. The predicted octanol–water partition coefficient (Wildman–Crippen LogP) is 7.62. The molecule has 0 aromatic rings. The van der Waals surface area contributed by atoms with Crippen molar-refractivity contribution in [3.63, 3.8) is 0 Å². The summed E-state index contributed by atoms with van der Waals surface area (Å²) in [5.41, 5.74) is 8.14. The van der Waals surface area contributed by atoms with Crippen molar-refractivity contribution in [3.8, 4) is 0 Å². The van der Waals surface area contributed by atoms with Gasteiger partial charge in [0.15, 0.2) is 0 Å². The molecule has 1 rings (SSSR count). The molecular formula is C22H42N. The predicted molar refractivity (Wildman–Crippen MR) is 104 cm³/mol. The van der Waals surface area contributed by atoms with Gasteiger partial charge in [-0.05, 0) is 51.4 Å². The van der Waals surface area contributed by atoms with E-state index in [9.17, 15) is 0 Å². The van der Waals surface area contributed by atoms with Crippen LogP contribution in [0.4, 0.5) is 0 Å². The lowest BCUT2D eigenvalue weighted by Crippen LogP contribution is -2.38. The van der Waals surface area contributed by atoms with Gasteiger partial charge in [-0.25, -0.2) is 0 Å². The van der Waals surface area contributed by atoms with Crippen LogP contribution in [-0.2, 0) is 0 Å². The Balaban J connectivity index is 1.71. The summed E-state index contributed by atoms with van der Waals surface area (Å²) < 4.78 is 0. The van der Waals surface area contributed by atoms with Crippen LogP contribution in [0.5, 0.6) is 0 Å². The highest BCUT2D eigenvalue weighted by Gasteiger charge is 2.32. The Kier molecular flexibility index (Phi) is 12.7. The fourth-order valence-electron chi connectivity index (χ4n) is 3.56. The third-order valence-electron chi connectivity index (χ3n) is 5.48. The minimum Gasteiger partial charge on any atom is -0.251 e. The van der Waals surface area contributed by atoms with Crippen LogP contribution in [0, 0.1) is 0 Å². The molecule has 0 aromatic carbocycles. The molecule has 1 radical (unpaired) electrons. The maximum atomic E-state index is 8.14. The van der Waals surface area contributed by atoms with Gasteiger partial charge in [-0.3, -0.25) is 5.73 Å². The average molecular weight is 321 g/mol. The van der Waals surface area contributed by atoms with E-state index in [-0.39, 0.29) is 5.54 Å². The fourth-order valence-corrected chi connectivity index (χ4v) is 3.56. The normalized spacial score (nSPS) is 16.8. The summed E-state index contributed by atoms with van der Waals surface area (Å²) in [5.74, 6) is 0. The van der Waals surface area contributed by atoms with Crippen molar-refractivity contribution >= 4 is 0 Å². The van der Waals surface area contributed by atoms with Crippen LogP contribution < -0.4 is 5.73 Å². The maximum Gasteiger partial charge on any atom is 0.0324 e. The minimum absolute atomic E-state index is 0.000789. The smallest absolute Gasteiger partial charge is 0.0324 e. The first-order valence-electron chi connectivity index (χ1n) is 10.7. The quantitative estimate of drug-likeness (QED) is 0.206. The van der Waals surface area contributed by atoms with Gasteiger partial charge in [0.1, 0.15) is 0 Å². The molecule has 1 nitrogen and oxygen atoms in total.